The van der Waals surface area contributed by atoms with Crippen molar-refractivity contribution in [3.8, 4) is 0 Å². The van der Waals surface area contributed by atoms with Crippen molar-refractivity contribution in [1.29, 1.82) is 0 Å². The Morgan fingerprint density at radius 1 is 1.45 bits per heavy atom. The van der Waals surface area contributed by atoms with E-state index in [-0.39, 0.29) is 0 Å². The van der Waals surface area contributed by atoms with Crippen molar-refractivity contribution in [1.82, 2.24) is 4.96 Å². The third kappa shape index (κ3) is 3.14. The van der Waals surface area contributed by atoms with E-state index in [1.165, 1.54) is 56.0 Å². The lowest BCUT2D eigenvalue weighted by atomic mass is 10.2. The Balaban J connectivity index is 2.31. The summed E-state index contributed by atoms with van der Waals surface area (Å²) in [5, 5.41) is 0. The predicted molar refractivity (Wildman–Crippen MR) is 64.7 cm³/mol. The van der Waals surface area contributed by atoms with Crippen molar-refractivity contribution in [2.24, 2.45) is 5.92 Å². The minimum Gasteiger partial charge on any atom is -0.479 e. The minimum atomic E-state index is 0.831. The van der Waals surface area contributed by atoms with Crippen molar-refractivity contribution in [2.45, 2.75) is 25.4 Å². The second-order valence-electron chi connectivity index (χ2n) is 3.70. The summed E-state index contributed by atoms with van der Waals surface area (Å²) in [4.78, 5) is 0. The summed E-state index contributed by atoms with van der Waals surface area (Å²) in [6.07, 6.45) is 1.47. The first-order valence-electron chi connectivity index (χ1n) is 4.09. The fraction of sp³-hybridized carbons (Fsp3) is 1.00. The summed E-state index contributed by atoms with van der Waals surface area (Å²) in [6, 6.07) is 1.81. The molecule has 0 N–H and O–H groups in total. The second kappa shape index (κ2) is 4.65. The molecule has 0 spiro atoms. The molecule has 0 amide bonds. The van der Waals surface area contributed by atoms with Crippen LogP contribution in [0.25, 0.3) is 0 Å². The lowest BCUT2D eigenvalue weighted by Gasteiger charge is -2.21. The molecular formula is C5H14Al3IN2. The molecule has 0 aromatic carbocycles. The van der Waals surface area contributed by atoms with E-state index in [2.05, 4.69) is 34.8 Å². The fourth-order valence-electron chi connectivity index (χ4n) is 1.58. The smallest absolute Gasteiger partial charge is 0.335 e. The van der Waals surface area contributed by atoms with Gasteiger partial charge in [-0.2, -0.15) is 0 Å². The molecule has 0 aromatic rings. The van der Waals surface area contributed by atoms with Gasteiger partial charge in [0.2, 0.25) is 0 Å². The standard InChI is InChI=1S/C5H8IN2.3Al.6H/c1-3(8-6)4-2-5(4)7;;;;;;;;;/h3-5H,2H2,1H3;;;;;;;;;/q-1;;;+1;;;;;;. The van der Waals surface area contributed by atoms with Gasteiger partial charge in [-0.15, -0.1) is 0 Å². The van der Waals surface area contributed by atoms with Gasteiger partial charge < -0.3 is 4.96 Å². The van der Waals surface area contributed by atoms with Gasteiger partial charge >= 0.3 is 16.5 Å². The minimum absolute atomic E-state index is 0.831. The third-order valence-electron chi connectivity index (χ3n) is 2.65. The van der Waals surface area contributed by atoms with Crippen molar-refractivity contribution >= 4 is 72.4 Å². The summed E-state index contributed by atoms with van der Waals surface area (Å²) in [5.74, 6) is 0.999. The van der Waals surface area contributed by atoms with Gasteiger partial charge in [-0.05, 0) is 47.3 Å². The summed E-state index contributed by atoms with van der Waals surface area (Å²) in [5.41, 5.74) is 0. The van der Waals surface area contributed by atoms with E-state index >= 15 is 0 Å². The van der Waals surface area contributed by atoms with Crippen LogP contribution in [0.2, 0.25) is 0 Å². The molecule has 2 nitrogen and oxygen atoms in total. The second-order valence-corrected chi connectivity index (χ2v) is 12.6. The van der Waals surface area contributed by atoms with Gasteiger partial charge in [0, 0.05) is 0 Å². The highest BCUT2D eigenvalue weighted by atomic mass is 127. The largest absolute Gasteiger partial charge is 0.479 e. The van der Waals surface area contributed by atoms with E-state index in [1.807, 2.05) is 0 Å². The van der Waals surface area contributed by atoms with E-state index in [0.717, 1.165) is 18.0 Å². The molecule has 1 aliphatic carbocycles. The summed E-state index contributed by atoms with van der Waals surface area (Å²) < 4.78 is 5.08. The molecule has 0 saturated heterocycles. The van der Waals surface area contributed by atoms with Crippen molar-refractivity contribution in [2.75, 3.05) is 0 Å². The fourth-order valence-corrected chi connectivity index (χ4v) is 3.56. The molecular weight excluding hydrogens is 296 g/mol. The topological polar surface area (TPSA) is 6.48 Å². The van der Waals surface area contributed by atoms with Gasteiger partial charge in [0.15, 0.2) is 0 Å². The van der Waals surface area contributed by atoms with E-state index in [1.54, 1.807) is 0 Å². The Hall–Kier alpha value is 2.25. The average molecular weight is 310 g/mol. The Morgan fingerprint density at radius 2 is 2.00 bits per heavy atom. The van der Waals surface area contributed by atoms with Gasteiger partial charge in [0.1, 0.15) is 0 Å². The number of hydrogen-bond acceptors (Lipinski definition) is 2. The molecule has 0 heterocycles. The Labute approximate surface area is 107 Å². The van der Waals surface area contributed by atoms with Crippen LogP contribution in [0.3, 0.4) is 0 Å². The maximum absolute atomic E-state index is 2.63. The lowest BCUT2D eigenvalue weighted by Crippen LogP contribution is -2.29. The van der Waals surface area contributed by atoms with Crippen molar-refractivity contribution in [3.05, 3.63) is 0 Å². The predicted octanol–water partition coefficient (Wildman–Crippen LogP) is -1.64. The molecule has 11 heavy (non-hydrogen) atoms. The zero-order valence-electron chi connectivity index (χ0n) is 7.71. The van der Waals surface area contributed by atoms with Crippen LogP contribution in [-0.4, -0.2) is 66.6 Å². The average Bonchev–Trinajstić information content (AvgIpc) is 2.63. The molecule has 0 aliphatic heterocycles. The SMILES string of the molecule is CC(C1CC1[N]([AlH2])[AlH2])[N]([AlH2])I. The summed E-state index contributed by atoms with van der Waals surface area (Å²) >= 11 is 6.22. The first-order valence-corrected chi connectivity index (χ1v) is 7.74. The van der Waals surface area contributed by atoms with E-state index in [9.17, 15) is 0 Å². The molecule has 0 aromatic heterocycles. The Morgan fingerprint density at radius 3 is 2.27 bits per heavy atom. The van der Waals surface area contributed by atoms with Gasteiger partial charge in [-0.3, -0.25) is 0 Å². The summed E-state index contributed by atoms with van der Waals surface area (Å²) in [7, 11) is 0. The van der Waals surface area contributed by atoms with Crippen molar-refractivity contribution < 1.29 is 0 Å². The van der Waals surface area contributed by atoms with Crippen LogP contribution in [0.15, 0.2) is 0 Å². The highest BCUT2D eigenvalue weighted by Crippen LogP contribution is 2.38. The zero-order valence-corrected chi connectivity index (χ0v) is 15.9. The molecule has 3 atom stereocenters. The molecule has 60 valence electrons. The number of hydrogen-bond donors (Lipinski definition) is 0. The van der Waals surface area contributed by atoms with Crippen LogP contribution in [-0.2, 0) is 0 Å². The Bertz CT molecular complexity index is 144. The van der Waals surface area contributed by atoms with E-state index < -0.39 is 0 Å². The zero-order chi connectivity index (χ0) is 8.59. The van der Waals surface area contributed by atoms with Gasteiger partial charge in [0.25, 0.3) is 33.0 Å². The molecule has 1 saturated carbocycles. The first kappa shape index (κ1) is 11.3. The van der Waals surface area contributed by atoms with Crippen LogP contribution < -0.4 is 0 Å². The molecule has 0 bridgehead atoms. The summed E-state index contributed by atoms with van der Waals surface area (Å²) in [6.45, 7) is 2.37. The van der Waals surface area contributed by atoms with E-state index in [0.29, 0.717) is 0 Å². The maximum atomic E-state index is 2.63. The normalized spacial score (nSPS) is 32.7. The van der Waals surface area contributed by atoms with Gasteiger partial charge in [0.05, 0.1) is 0 Å². The Kier molecular flexibility index (Phi) is 4.79. The van der Waals surface area contributed by atoms with Crippen molar-refractivity contribution in [3.63, 3.8) is 0 Å². The van der Waals surface area contributed by atoms with Crippen LogP contribution in [0.1, 0.15) is 13.3 Å². The highest BCUT2D eigenvalue weighted by molar-refractivity contribution is 14.1. The van der Waals surface area contributed by atoms with Crippen LogP contribution >= 0.6 is 22.9 Å². The van der Waals surface area contributed by atoms with Gasteiger partial charge in [-0.25, -0.2) is 0 Å². The van der Waals surface area contributed by atoms with E-state index in [4.69, 9.17) is 0 Å². The maximum Gasteiger partial charge on any atom is 0.335 e. The molecule has 1 aliphatic rings. The monoisotopic (exact) mass is 310 g/mol. The number of rotatable bonds is 3. The highest BCUT2D eigenvalue weighted by Gasteiger charge is 2.41. The molecule has 1 fully saturated rings. The third-order valence-corrected chi connectivity index (χ3v) is 5.67. The number of halogens is 1. The van der Waals surface area contributed by atoms with Crippen LogP contribution in [0.5, 0.6) is 0 Å². The van der Waals surface area contributed by atoms with Gasteiger partial charge in [-0.1, -0.05) is 6.92 Å². The molecule has 3 unspecified atom stereocenters. The lowest BCUT2D eigenvalue weighted by molar-refractivity contribution is 0.466. The number of nitrogens with zero attached hydrogens (tertiary/aromatic N) is 2. The van der Waals surface area contributed by atoms with Crippen LogP contribution in [0.4, 0.5) is 0 Å². The first-order chi connectivity index (χ1) is 5.04. The molecule has 0 radical (unpaired) electrons. The molecule has 1 rings (SSSR count). The quantitative estimate of drug-likeness (QED) is 0.351. The molecule has 6 heteroatoms. The van der Waals surface area contributed by atoms with Crippen LogP contribution in [0, 0.1) is 5.92 Å².